The molecule has 1 aliphatic rings. The highest BCUT2D eigenvalue weighted by atomic mass is 16.5. The highest BCUT2D eigenvalue weighted by Crippen LogP contribution is 1.94. The molecule has 1 heterocycles. The number of amidine groups is 1. The van der Waals surface area contributed by atoms with Crippen LogP contribution in [-0.4, -0.2) is 18.7 Å². The van der Waals surface area contributed by atoms with Gasteiger partial charge in [0.1, 0.15) is 6.10 Å². The average Bonchev–Trinajstić information content (AvgIpc) is 1.87. The zero-order chi connectivity index (χ0) is 5.28. The summed E-state index contributed by atoms with van der Waals surface area (Å²) in [4.78, 5) is 0. The number of rotatable bonds is 0. The van der Waals surface area contributed by atoms with E-state index in [1.54, 1.807) is 0 Å². The Balaban J connectivity index is 2.40. The summed E-state index contributed by atoms with van der Waals surface area (Å²) in [7, 11) is 0. The predicted octanol–water partition coefficient (Wildman–Crippen LogP) is -0.0705. The lowest BCUT2D eigenvalue weighted by Crippen LogP contribution is -2.13. The van der Waals surface area contributed by atoms with Gasteiger partial charge in [-0.3, -0.25) is 5.41 Å². The van der Waals surface area contributed by atoms with Crippen molar-refractivity contribution in [2.45, 2.75) is 13.0 Å². The summed E-state index contributed by atoms with van der Waals surface area (Å²) in [5.41, 5.74) is 0. The SMILES string of the molecule is C[C@H]1CNC(=N)O1. The van der Waals surface area contributed by atoms with Gasteiger partial charge in [-0.2, -0.15) is 0 Å². The Labute approximate surface area is 42.2 Å². The van der Waals surface area contributed by atoms with Crippen LogP contribution in [0.2, 0.25) is 0 Å². The van der Waals surface area contributed by atoms with Crippen LogP contribution in [0.1, 0.15) is 6.92 Å². The maximum Gasteiger partial charge on any atom is 0.282 e. The molecule has 3 nitrogen and oxygen atoms in total. The summed E-state index contributed by atoms with van der Waals surface area (Å²) < 4.78 is 4.83. The summed E-state index contributed by atoms with van der Waals surface area (Å²) in [5, 5.41) is 9.58. The van der Waals surface area contributed by atoms with E-state index in [4.69, 9.17) is 10.1 Å². The van der Waals surface area contributed by atoms with Crippen molar-refractivity contribution >= 4 is 6.02 Å². The third-order valence-electron chi connectivity index (χ3n) is 0.869. The quantitative estimate of drug-likeness (QED) is 0.447. The maximum atomic E-state index is 6.85. The van der Waals surface area contributed by atoms with Crippen molar-refractivity contribution in [1.29, 1.82) is 5.41 Å². The highest BCUT2D eigenvalue weighted by Gasteiger charge is 2.12. The van der Waals surface area contributed by atoms with Crippen LogP contribution in [0.4, 0.5) is 0 Å². The van der Waals surface area contributed by atoms with Crippen LogP contribution < -0.4 is 5.32 Å². The molecule has 0 aliphatic carbocycles. The zero-order valence-corrected chi connectivity index (χ0v) is 4.19. The molecule has 1 aliphatic heterocycles. The van der Waals surface area contributed by atoms with E-state index < -0.39 is 0 Å². The molecule has 0 aromatic carbocycles. The van der Waals surface area contributed by atoms with Crippen molar-refractivity contribution in [1.82, 2.24) is 5.32 Å². The normalized spacial score (nSPS) is 29.3. The minimum Gasteiger partial charge on any atom is -0.461 e. The van der Waals surface area contributed by atoms with Crippen LogP contribution in [-0.2, 0) is 4.74 Å². The fourth-order valence-corrected chi connectivity index (χ4v) is 0.521. The fraction of sp³-hybridized carbons (Fsp3) is 0.750. The van der Waals surface area contributed by atoms with Gasteiger partial charge in [0.25, 0.3) is 6.02 Å². The van der Waals surface area contributed by atoms with Gasteiger partial charge in [-0.25, -0.2) is 0 Å². The number of hydrogen-bond acceptors (Lipinski definition) is 2. The Morgan fingerprint density at radius 2 is 2.71 bits per heavy atom. The van der Waals surface area contributed by atoms with E-state index in [9.17, 15) is 0 Å². The van der Waals surface area contributed by atoms with Crippen LogP contribution in [0, 0.1) is 5.41 Å². The van der Waals surface area contributed by atoms with Gasteiger partial charge in [-0.15, -0.1) is 0 Å². The Morgan fingerprint density at radius 1 is 2.00 bits per heavy atom. The summed E-state index contributed by atoms with van der Waals surface area (Å²) in [6.07, 6.45) is 0.187. The van der Waals surface area contributed by atoms with E-state index in [-0.39, 0.29) is 12.1 Å². The van der Waals surface area contributed by atoms with E-state index in [1.165, 1.54) is 0 Å². The summed E-state index contributed by atoms with van der Waals surface area (Å²) in [6.45, 7) is 2.70. The number of nitrogens with one attached hydrogen (secondary N) is 2. The van der Waals surface area contributed by atoms with Crippen LogP contribution in [0.15, 0.2) is 0 Å². The lowest BCUT2D eigenvalue weighted by Gasteiger charge is -1.94. The van der Waals surface area contributed by atoms with Gasteiger partial charge in [0.05, 0.1) is 6.54 Å². The molecule has 0 spiro atoms. The van der Waals surface area contributed by atoms with Gasteiger partial charge < -0.3 is 10.1 Å². The summed E-state index contributed by atoms with van der Waals surface area (Å²) >= 11 is 0. The first-order chi connectivity index (χ1) is 3.29. The van der Waals surface area contributed by atoms with Crippen molar-refractivity contribution in [3.8, 4) is 0 Å². The number of ether oxygens (including phenoxy) is 1. The number of hydrogen-bond donors (Lipinski definition) is 2. The molecule has 1 fully saturated rings. The second kappa shape index (κ2) is 1.40. The smallest absolute Gasteiger partial charge is 0.282 e. The lowest BCUT2D eigenvalue weighted by atomic mass is 10.4. The molecule has 0 saturated carbocycles. The minimum absolute atomic E-state index is 0.187. The van der Waals surface area contributed by atoms with Crippen molar-refractivity contribution < 1.29 is 4.74 Å². The van der Waals surface area contributed by atoms with Gasteiger partial charge in [0.2, 0.25) is 0 Å². The molecule has 2 N–H and O–H groups in total. The summed E-state index contributed by atoms with van der Waals surface area (Å²) in [5.74, 6) is 0. The lowest BCUT2D eigenvalue weighted by molar-refractivity contribution is 0.250. The molecular formula is C4H8N2O. The Morgan fingerprint density at radius 3 is 2.86 bits per heavy atom. The third kappa shape index (κ3) is 0.824. The molecule has 0 bridgehead atoms. The van der Waals surface area contributed by atoms with E-state index in [1.807, 2.05) is 6.92 Å². The molecule has 0 unspecified atom stereocenters. The Hall–Kier alpha value is -0.730. The Bertz CT molecular complexity index is 91.7. The van der Waals surface area contributed by atoms with E-state index in [0.29, 0.717) is 0 Å². The van der Waals surface area contributed by atoms with Gasteiger partial charge in [-0.1, -0.05) is 0 Å². The monoisotopic (exact) mass is 100 g/mol. The molecule has 7 heavy (non-hydrogen) atoms. The van der Waals surface area contributed by atoms with Crippen LogP contribution >= 0.6 is 0 Å². The Kier molecular flexibility index (Phi) is 0.889. The van der Waals surface area contributed by atoms with Crippen molar-refractivity contribution in [2.24, 2.45) is 0 Å². The second-order valence-electron chi connectivity index (χ2n) is 1.64. The minimum atomic E-state index is 0.187. The van der Waals surface area contributed by atoms with Gasteiger partial charge in [0.15, 0.2) is 0 Å². The van der Waals surface area contributed by atoms with E-state index >= 15 is 0 Å². The second-order valence-corrected chi connectivity index (χ2v) is 1.64. The first-order valence-electron chi connectivity index (χ1n) is 2.28. The molecule has 0 radical (unpaired) electrons. The van der Waals surface area contributed by atoms with Crippen LogP contribution in [0.5, 0.6) is 0 Å². The molecular weight excluding hydrogens is 92.1 g/mol. The molecule has 0 amide bonds. The van der Waals surface area contributed by atoms with Gasteiger partial charge in [0, 0.05) is 0 Å². The predicted molar refractivity (Wildman–Crippen MR) is 26.3 cm³/mol. The molecule has 0 aromatic rings. The molecule has 40 valence electrons. The molecule has 3 heteroatoms. The summed E-state index contributed by atoms with van der Waals surface area (Å²) in [6, 6.07) is 0.201. The molecule has 1 rings (SSSR count). The van der Waals surface area contributed by atoms with Gasteiger partial charge in [-0.05, 0) is 6.92 Å². The van der Waals surface area contributed by atoms with Crippen molar-refractivity contribution in [3.05, 3.63) is 0 Å². The van der Waals surface area contributed by atoms with E-state index in [0.717, 1.165) is 6.54 Å². The standard InChI is InChI=1S/C4H8N2O/c1-3-2-6-4(5)7-3/h3H,2H2,1H3,(H2,5,6)/t3-/m0/s1. The topological polar surface area (TPSA) is 45.1 Å². The first kappa shape index (κ1) is 4.43. The average molecular weight is 100 g/mol. The van der Waals surface area contributed by atoms with Crippen molar-refractivity contribution in [2.75, 3.05) is 6.54 Å². The van der Waals surface area contributed by atoms with Crippen LogP contribution in [0.3, 0.4) is 0 Å². The van der Waals surface area contributed by atoms with E-state index in [2.05, 4.69) is 5.32 Å². The largest absolute Gasteiger partial charge is 0.461 e. The third-order valence-corrected chi connectivity index (χ3v) is 0.869. The fourth-order valence-electron chi connectivity index (χ4n) is 0.521. The van der Waals surface area contributed by atoms with Crippen LogP contribution in [0.25, 0.3) is 0 Å². The highest BCUT2D eigenvalue weighted by molar-refractivity contribution is 5.71. The van der Waals surface area contributed by atoms with Gasteiger partial charge >= 0.3 is 0 Å². The zero-order valence-electron chi connectivity index (χ0n) is 4.19. The molecule has 1 atom stereocenters. The molecule has 1 saturated heterocycles. The maximum absolute atomic E-state index is 6.85. The molecule has 0 aromatic heterocycles. The first-order valence-corrected chi connectivity index (χ1v) is 2.28. The van der Waals surface area contributed by atoms with Crippen molar-refractivity contribution in [3.63, 3.8) is 0 Å².